The van der Waals surface area contributed by atoms with Crippen LogP contribution in [0.5, 0.6) is 0 Å². The molecule has 0 aromatic carbocycles. The summed E-state index contributed by atoms with van der Waals surface area (Å²) in [7, 11) is 1.69. The Hall–Kier alpha value is -0.180. The Morgan fingerprint density at radius 1 is 1.25 bits per heavy atom. The van der Waals surface area contributed by atoms with Crippen LogP contribution in [0.15, 0.2) is 4.99 Å². The number of ether oxygens (including phenoxy) is 1. The van der Waals surface area contributed by atoms with Crippen molar-refractivity contribution in [1.82, 2.24) is 10.6 Å². The Morgan fingerprint density at radius 3 is 2.40 bits per heavy atom. The van der Waals surface area contributed by atoms with Crippen molar-refractivity contribution in [3.05, 3.63) is 0 Å². The average molecular weight is 417 g/mol. The van der Waals surface area contributed by atoms with E-state index < -0.39 is 5.60 Å². The van der Waals surface area contributed by atoms with Crippen molar-refractivity contribution in [3.8, 4) is 0 Å². The zero-order chi connectivity index (χ0) is 14.7. The maximum Gasteiger partial charge on any atom is 0.325 e. The number of aliphatic imine (C=N–C) groups is 1. The van der Waals surface area contributed by atoms with Gasteiger partial charge in [-0.3, -0.25) is 9.79 Å². The van der Waals surface area contributed by atoms with Crippen molar-refractivity contribution >= 4 is 47.7 Å². The number of guanidine groups is 1. The minimum atomic E-state index is -0.451. The lowest BCUT2D eigenvalue weighted by molar-refractivity contribution is -0.153. The molecule has 0 aliphatic carbocycles. The Labute approximate surface area is 144 Å². The molecule has 0 aromatic heterocycles. The summed E-state index contributed by atoms with van der Waals surface area (Å²) in [4.78, 5) is 15.6. The van der Waals surface area contributed by atoms with Gasteiger partial charge < -0.3 is 15.4 Å². The summed E-state index contributed by atoms with van der Waals surface area (Å²) >= 11 is 1.85. The fourth-order valence-corrected chi connectivity index (χ4v) is 1.83. The molecule has 7 heteroatoms. The number of rotatable bonds is 7. The molecule has 0 aliphatic heterocycles. The molecule has 0 saturated heterocycles. The number of nitrogens with one attached hydrogen (secondary N) is 2. The topological polar surface area (TPSA) is 62.7 Å². The summed E-state index contributed by atoms with van der Waals surface area (Å²) in [6.45, 7) is 6.54. The van der Waals surface area contributed by atoms with Crippen molar-refractivity contribution in [2.24, 2.45) is 4.99 Å². The van der Waals surface area contributed by atoms with Crippen molar-refractivity contribution in [2.45, 2.75) is 39.2 Å². The normalized spacial score (nSPS) is 11.6. The van der Waals surface area contributed by atoms with E-state index in [0.29, 0.717) is 5.96 Å². The first-order valence-corrected chi connectivity index (χ1v) is 7.93. The minimum Gasteiger partial charge on any atom is -0.459 e. The monoisotopic (exact) mass is 417 g/mol. The number of unbranched alkanes of at least 4 members (excludes halogenated alkanes) is 1. The van der Waals surface area contributed by atoms with Crippen molar-refractivity contribution in [1.29, 1.82) is 0 Å². The average Bonchev–Trinajstić information content (AvgIpc) is 2.30. The number of carbonyl (C=O) groups excluding carboxylic acids is 1. The molecular formula is C13H28IN3O2S. The van der Waals surface area contributed by atoms with Crippen LogP contribution in [0.3, 0.4) is 0 Å². The Kier molecular flexibility index (Phi) is 13.9. The molecule has 0 bridgehead atoms. The molecule has 0 aliphatic rings. The van der Waals surface area contributed by atoms with Crippen LogP contribution < -0.4 is 10.6 Å². The lowest BCUT2D eigenvalue weighted by Crippen LogP contribution is -2.42. The van der Waals surface area contributed by atoms with Gasteiger partial charge in [-0.15, -0.1) is 24.0 Å². The summed E-state index contributed by atoms with van der Waals surface area (Å²) < 4.78 is 5.20. The van der Waals surface area contributed by atoms with E-state index in [-0.39, 0.29) is 36.5 Å². The third kappa shape index (κ3) is 14.2. The van der Waals surface area contributed by atoms with Gasteiger partial charge in [-0.1, -0.05) is 0 Å². The Balaban J connectivity index is 0. The molecule has 20 heavy (non-hydrogen) atoms. The fourth-order valence-electron chi connectivity index (χ4n) is 1.33. The number of esters is 1. The lowest BCUT2D eigenvalue weighted by Gasteiger charge is -2.20. The Bertz CT molecular complexity index is 294. The number of halogens is 1. The van der Waals surface area contributed by atoms with Gasteiger partial charge in [0.05, 0.1) is 0 Å². The molecule has 0 unspecified atom stereocenters. The van der Waals surface area contributed by atoms with Crippen LogP contribution >= 0.6 is 35.7 Å². The number of nitrogens with zero attached hydrogens (tertiary/aromatic N) is 1. The molecule has 0 saturated carbocycles. The highest BCUT2D eigenvalue weighted by atomic mass is 127. The van der Waals surface area contributed by atoms with Gasteiger partial charge in [0.15, 0.2) is 5.96 Å². The zero-order valence-electron chi connectivity index (χ0n) is 13.1. The molecular weight excluding hydrogens is 389 g/mol. The summed E-state index contributed by atoms with van der Waals surface area (Å²) in [5.41, 5.74) is -0.451. The number of thioether (sulfide) groups is 1. The first kappa shape index (κ1) is 22.1. The molecule has 0 aromatic rings. The van der Waals surface area contributed by atoms with E-state index in [4.69, 9.17) is 4.74 Å². The molecule has 5 nitrogen and oxygen atoms in total. The van der Waals surface area contributed by atoms with Crippen LogP contribution in [0.2, 0.25) is 0 Å². The summed E-state index contributed by atoms with van der Waals surface area (Å²) in [5, 5.41) is 6.11. The van der Waals surface area contributed by atoms with E-state index in [9.17, 15) is 4.79 Å². The van der Waals surface area contributed by atoms with E-state index in [0.717, 1.165) is 13.0 Å². The second-order valence-electron chi connectivity index (χ2n) is 5.14. The Morgan fingerprint density at radius 2 is 1.90 bits per heavy atom. The zero-order valence-corrected chi connectivity index (χ0v) is 16.3. The highest BCUT2D eigenvalue weighted by Gasteiger charge is 2.16. The van der Waals surface area contributed by atoms with E-state index >= 15 is 0 Å². The highest BCUT2D eigenvalue weighted by molar-refractivity contribution is 14.0. The van der Waals surface area contributed by atoms with Gasteiger partial charge in [0.2, 0.25) is 0 Å². The van der Waals surface area contributed by atoms with E-state index in [1.54, 1.807) is 7.05 Å². The third-order valence-corrected chi connectivity index (χ3v) is 2.81. The van der Waals surface area contributed by atoms with E-state index in [1.807, 2.05) is 32.5 Å². The van der Waals surface area contributed by atoms with Gasteiger partial charge in [0, 0.05) is 13.6 Å². The van der Waals surface area contributed by atoms with Crippen LogP contribution in [0.1, 0.15) is 33.6 Å². The summed E-state index contributed by atoms with van der Waals surface area (Å²) in [6, 6.07) is 0. The quantitative estimate of drug-likeness (QED) is 0.219. The first-order valence-electron chi connectivity index (χ1n) is 6.54. The molecule has 0 amide bonds. The van der Waals surface area contributed by atoms with Gasteiger partial charge in [-0.25, -0.2) is 0 Å². The molecule has 2 N–H and O–H groups in total. The maximum atomic E-state index is 11.5. The number of hydrogen-bond donors (Lipinski definition) is 2. The molecule has 120 valence electrons. The first-order chi connectivity index (χ1) is 8.89. The van der Waals surface area contributed by atoms with Crippen LogP contribution in [0.4, 0.5) is 0 Å². The molecule has 0 spiro atoms. The molecule has 0 heterocycles. The third-order valence-electron chi connectivity index (χ3n) is 2.11. The highest BCUT2D eigenvalue weighted by Crippen LogP contribution is 2.06. The molecule has 0 rings (SSSR count). The molecule has 0 atom stereocenters. The van der Waals surface area contributed by atoms with Crippen molar-refractivity contribution in [2.75, 3.05) is 32.1 Å². The van der Waals surface area contributed by atoms with Gasteiger partial charge in [0.1, 0.15) is 12.1 Å². The van der Waals surface area contributed by atoms with Crippen LogP contribution in [-0.4, -0.2) is 49.7 Å². The van der Waals surface area contributed by atoms with Gasteiger partial charge in [0.25, 0.3) is 0 Å². The largest absolute Gasteiger partial charge is 0.459 e. The fraction of sp³-hybridized carbons (Fsp3) is 0.846. The predicted octanol–water partition coefficient (Wildman–Crippen LogP) is 2.25. The lowest BCUT2D eigenvalue weighted by atomic mass is 10.2. The van der Waals surface area contributed by atoms with Crippen molar-refractivity contribution < 1.29 is 9.53 Å². The van der Waals surface area contributed by atoms with Gasteiger partial charge >= 0.3 is 5.97 Å². The smallest absolute Gasteiger partial charge is 0.325 e. The second-order valence-corrected chi connectivity index (χ2v) is 6.12. The minimum absolute atomic E-state index is 0. The second kappa shape index (κ2) is 12.6. The molecule has 0 radical (unpaired) electrons. The van der Waals surface area contributed by atoms with E-state index in [2.05, 4.69) is 21.9 Å². The van der Waals surface area contributed by atoms with E-state index in [1.165, 1.54) is 12.2 Å². The van der Waals surface area contributed by atoms with Crippen LogP contribution in [0.25, 0.3) is 0 Å². The molecule has 0 fully saturated rings. The standard InChI is InChI=1S/C13H27N3O2S.HI/c1-13(2,3)18-11(17)10-16-12(14-4)15-8-6-7-9-19-5;/h6-10H2,1-5H3,(H2,14,15,16);1H. The SMILES string of the molecule is CN=C(NCCCCSC)NCC(=O)OC(C)(C)C.I. The van der Waals surface area contributed by atoms with Gasteiger partial charge in [-0.05, 0) is 45.6 Å². The van der Waals surface area contributed by atoms with Gasteiger partial charge in [-0.2, -0.15) is 11.8 Å². The predicted molar refractivity (Wildman–Crippen MR) is 98.2 cm³/mol. The maximum absolute atomic E-state index is 11.5. The summed E-state index contributed by atoms with van der Waals surface area (Å²) in [5.74, 6) is 1.53. The van der Waals surface area contributed by atoms with Crippen molar-refractivity contribution in [3.63, 3.8) is 0 Å². The van der Waals surface area contributed by atoms with Crippen LogP contribution in [0, 0.1) is 0 Å². The number of carbonyl (C=O) groups is 1. The number of hydrogen-bond acceptors (Lipinski definition) is 4. The van der Waals surface area contributed by atoms with Crippen LogP contribution in [-0.2, 0) is 9.53 Å². The summed E-state index contributed by atoms with van der Waals surface area (Å²) in [6.07, 6.45) is 4.37.